The van der Waals surface area contributed by atoms with Crippen LogP contribution in [0.2, 0.25) is 0 Å². The van der Waals surface area contributed by atoms with Gasteiger partial charge in [0.25, 0.3) is 12.3 Å². The molecule has 3 aromatic rings. The van der Waals surface area contributed by atoms with Crippen molar-refractivity contribution in [3.05, 3.63) is 47.8 Å². The molecule has 1 aliphatic rings. The third kappa shape index (κ3) is 3.49. The first-order valence-corrected chi connectivity index (χ1v) is 8.60. The molecule has 4 rings (SSSR count). The number of nitrogens with zero attached hydrogens (tertiary/aromatic N) is 4. The summed E-state index contributed by atoms with van der Waals surface area (Å²) < 4.78 is 44.6. The van der Waals surface area contributed by atoms with E-state index in [0.29, 0.717) is 17.5 Å². The summed E-state index contributed by atoms with van der Waals surface area (Å²) in [7, 11) is 0. The predicted molar refractivity (Wildman–Crippen MR) is 92.4 cm³/mol. The number of aromatic nitrogens is 4. The highest BCUT2D eigenvalue weighted by molar-refractivity contribution is 5.82. The molecule has 1 aliphatic carbocycles. The summed E-state index contributed by atoms with van der Waals surface area (Å²) in [5.41, 5.74) is 1.50. The highest BCUT2D eigenvalue weighted by atomic mass is 19.3. The largest absolute Gasteiger partial charge is 0.470 e. The third-order valence-corrected chi connectivity index (χ3v) is 4.57. The Morgan fingerprint density at radius 1 is 1.36 bits per heavy atom. The maximum absolute atomic E-state index is 14.0. The minimum atomic E-state index is -2.70. The molecule has 0 unspecified atom stereocenters. The first-order chi connectivity index (χ1) is 13.5. The fraction of sp³-hybridized carbons (Fsp3) is 0.333. The van der Waals surface area contributed by atoms with E-state index in [9.17, 15) is 18.0 Å². The summed E-state index contributed by atoms with van der Waals surface area (Å²) in [4.78, 5) is 19.1. The standard InChI is InChI=1S/C18H16F3N5O2/c19-13-5-11(6-23-17(13)28-9-15(20)21)7-26-8-12-14(25-26)1-4-22-16(12)18(2-3-18)24-10-27/h1,4-6,8,10,15H,2-3,7,9H2,(H,24,27). The van der Waals surface area contributed by atoms with Gasteiger partial charge in [0.1, 0.15) is 0 Å². The molecule has 0 spiro atoms. The Bertz CT molecular complexity index is 1020. The molecule has 0 aromatic carbocycles. The average molecular weight is 391 g/mol. The van der Waals surface area contributed by atoms with E-state index in [4.69, 9.17) is 0 Å². The van der Waals surface area contributed by atoms with Crippen LogP contribution in [-0.2, 0) is 16.9 Å². The molecule has 0 saturated heterocycles. The Morgan fingerprint density at radius 3 is 2.86 bits per heavy atom. The van der Waals surface area contributed by atoms with Crippen LogP contribution in [0.5, 0.6) is 5.88 Å². The fourth-order valence-corrected chi connectivity index (χ4v) is 3.13. The van der Waals surface area contributed by atoms with Crippen LogP contribution in [-0.4, -0.2) is 39.2 Å². The average Bonchev–Trinajstić information content (AvgIpc) is 3.31. The van der Waals surface area contributed by atoms with E-state index in [1.54, 1.807) is 23.1 Å². The molecule has 0 bridgehead atoms. The van der Waals surface area contributed by atoms with E-state index in [1.807, 2.05) is 0 Å². The van der Waals surface area contributed by atoms with E-state index in [0.717, 1.165) is 23.9 Å². The number of ether oxygens (including phenoxy) is 1. The van der Waals surface area contributed by atoms with Gasteiger partial charge in [-0.15, -0.1) is 0 Å². The number of amides is 1. The van der Waals surface area contributed by atoms with Crippen LogP contribution in [0.25, 0.3) is 10.9 Å². The van der Waals surface area contributed by atoms with Crippen LogP contribution in [0.4, 0.5) is 13.2 Å². The van der Waals surface area contributed by atoms with E-state index in [-0.39, 0.29) is 6.54 Å². The van der Waals surface area contributed by atoms with Crippen LogP contribution in [0.15, 0.2) is 30.7 Å². The van der Waals surface area contributed by atoms with E-state index < -0.39 is 30.3 Å². The number of alkyl halides is 2. The van der Waals surface area contributed by atoms with Gasteiger partial charge < -0.3 is 10.1 Å². The molecule has 10 heteroatoms. The van der Waals surface area contributed by atoms with Crippen molar-refractivity contribution >= 4 is 17.3 Å². The number of hydrogen-bond acceptors (Lipinski definition) is 5. The molecule has 28 heavy (non-hydrogen) atoms. The van der Waals surface area contributed by atoms with Crippen LogP contribution < -0.4 is 10.1 Å². The first-order valence-electron chi connectivity index (χ1n) is 8.60. The maximum atomic E-state index is 14.0. The second kappa shape index (κ2) is 7.10. The smallest absolute Gasteiger partial charge is 0.272 e. The van der Waals surface area contributed by atoms with E-state index in [2.05, 4.69) is 25.1 Å². The molecular weight excluding hydrogens is 375 g/mol. The molecule has 0 atom stereocenters. The van der Waals surface area contributed by atoms with Crippen LogP contribution >= 0.6 is 0 Å². The lowest BCUT2D eigenvalue weighted by Gasteiger charge is -2.13. The molecule has 1 saturated carbocycles. The summed E-state index contributed by atoms with van der Waals surface area (Å²) in [6, 6.07) is 2.93. The van der Waals surface area contributed by atoms with Crippen molar-refractivity contribution in [2.75, 3.05) is 6.61 Å². The number of hydrogen-bond donors (Lipinski definition) is 1. The highest BCUT2D eigenvalue weighted by Crippen LogP contribution is 2.46. The minimum absolute atomic E-state index is 0.223. The van der Waals surface area contributed by atoms with Gasteiger partial charge in [-0.2, -0.15) is 5.10 Å². The lowest BCUT2D eigenvalue weighted by molar-refractivity contribution is -0.110. The lowest BCUT2D eigenvalue weighted by Crippen LogP contribution is -2.28. The second-order valence-corrected chi connectivity index (χ2v) is 6.60. The molecule has 3 aromatic heterocycles. The number of fused-ring (bicyclic) bond motifs is 1. The lowest BCUT2D eigenvalue weighted by atomic mass is 10.1. The van der Waals surface area contributed by atoms with Gasteiger partial charge in [-0.3, -0.25) is 14.5 Å². The van der Waals surface area contributed by atoms with Crippen molar-refractivity contribution in [2.24, 2.45) is 0 Å². The zero-order valence-corrected chi connectivity index (χ0v) is 14.6. The van der Waals surface area contributed by atoms with Crippen molar-refractivity contribution in [2.45, 2.75) is 31.4 Å². The van der Waals surface area contributed by atoms with Gasteiger partial charge in [0.05, 0.1) is 23.3 Å². The Hall–Kier alpha value is -3.17. The van der Waals surface area contributed by atoms with Crippen molar-refractivity contribution < 1.29 is 22.7 Å². The molecule has 146 valence electrons. The van der Waals surface area contributed by atoms with Gasteiger partial charge in [-0.1, -0.05) is 0 Å². The fourth-order valence-electron chi connectivity index (χ4n) is 3.13. The number of rotatable bonds is 8. The number of carbonyl (C=O) groups is 1. The predicted octanol–water partition coefficient (Wildman–Crippen LogP) is 2.39. The first kappa shape index (κ1) is 18.2. The number of nitrogens with one attached hydrogen (secondary N) is 1. The number of carbonyl (C=O) groups excluding carboxylic acids is 1. The van der Waals surface area contributed by atoms with Crippen LogP contribution in [0, 0.1) is 5.82 Å². The zero-order valence-electron chi connectivity index (χ0n) is 14.6. The third-order valence-electron chi connectivity index (χ3n) is 4.57. The van der Waals surface area contributed by atoms with Crippen molar-refractivity contribution in [3.63, 3.8) is 0 Å². The molecule has 7 nitrogen and oxygen atoms in total. The normalized spacial score (nSPS) is 15.0. The highest BCUT2D eigenvalue weighted by Gasteiger charge is 2.46. The van der Waals surface area contributed by atoms with Crippen LogP contribution in [0.1, 0.15) is 24.1 Å². The Balaban J connectivity index is 1.57. The van der Waals surface area contributed by atoms with Crippen LogP contribution in [0.3, 0.4) is 0 Å². The van der Waals surface area contributed by atoms with Gasteiger partial charge in [0.2, 0.25) is 6.41 Å². The molecule has 1 N–H and O–H groups in total. The number of pyridine rings is 2. The molecule has 1 fully saturated rings. The van der Waals surface area contributed by atoms with Gasteiger partial charge >= 0.3 is 0 Å². The summed E-state index contributed by atoms with van der Waals surface area (Å²) >= 11 is 0. The Labute approximate surface area is 157 Å². The maximum Gasteiger partial charge on any atom is 0.272 e. The van der Waals surface area contributed by atoms with Crippen molar-refractivity contribution in [1.82, 2.24) is 25.1 Å². The molecule has 0 aliphatic heterocycles. The molecule has 0 radical (unpaired) electrons. The summed E-state index contributed by atoms with van der Waals surface area (Å²) in [6.07, 6.45) is 4.34. The Kier molecular flexibility index (Phi) is 4.62. The van der Waals surface area contributed by atoms with Crippen molar-refractivity contribution in [3.8, 4) is 5.88 Å². The summed E-state index contributed by atoms with van der Waals surface area (Å²) in [5, 5.41) is 8.09. The molecular formula is C18H16F3N5O2. The van der Waals surface area contributed by atoms with E-state index in [1.165, 1.54) is 12.3 Å². The second-order valence-electron chi connectivity index (χ2n) is 6.60. The van der Waals surface area contributed by atoms with Gasteiger partial charge in [0, 0.05) is 24.0 Å². The minimum Gasteiger partial charge on any atom is -0.470 e. The van der Waals surface area contributed by atoms with Gasteiger partial charge in [-0.05, 0) is 30.5 Å². The Morgan fingerprint density at radius 2 is 2.18 bits per heavy atom. The SMILES string of the molecule is O=CNC1(c2nccc3nn(Cc4cnc(OCC(F)F)c(F)c4)cc23)CC1. The van der Waals surface area contributed by atoms with Gasteiger partial charge in [0.15, 0.2) is 12.4 Å². The zero-order chi connectivity index (χ0) is 19.7. The topological polar surface area (TPSA) is 81.9 Å². The van der Waals surface area contributed by atoms with Gasteiger partial charge in [-0.25, -0.2) is 18.2 Å². The molecule has 1 amide bonds. The van der Waals surface area contributed by atoms with Crippen molar-refractivity contribution in [1.29, 1.82) is 0 Å². The summed E-state index contributed by atoms with van der Waals surface area (Å²) in [6.45, 7) is -0.693. The molecule has 3 heterocycles. The summed E-state index contributed by atoms with van der Waals surface area (Å²) in [5.74, 6) is -1.28. The monoisotopic (exact) mass is 391 g/mol. The quantitative estimate of drug-likeness (QED) is 0.597. The van der Waals surface area contributed by atoms with E-state index >= 15 is 0 Å². The number of halogens is 3.